The van der Waals surface area contributed by atoms with E-state index in [1.807, 2.05) is 24.3 Å². The van der Waals surface area contributed by atoms with Gasteiger partial charge in [-0.05, 0) is 55.2 Å². The smallest absolute Gasteiger partial charge is 0.279 e. The van der Waals surface area contributed by atoms with Crippen molar-refractivity contribution in [3.8, 4) is 10.9 Å². The van der Waals surface area contributed by atoms with E-state index in [1.165, 1.54) is 30.4 Å². The summed E-state index contributed by atoms with van der Waals surface area (Å²) in [5, 5.41) is 4.63. The molecule has 4 nitrogen and oxygen atoms in total. The average molecular weight is 416 g/mol. The van der Waals surface area contributed by atoms with Crippen molar-refractivity contribution in [2.45, 2.75) is 39.7 Å². The maximum absolute atomic E-state index is 13.8. The van der Waals surface area contributed by atoms with Gasteiger partial charge in [-0.25, -0.2) is 8.78 Å². The highest BCUT2D eigenvalue weighted by molar-refractivity contribution is 7.11. The Hall–Kier alpha value is -2.80. The zero-order valence-corrected chi connectivity index (χ0v) is 17.4. The molecule has 2 aromatic carbocycles. The number of aromatic nitrogens is 1. The lowest BCUT2D eigenvalue weighted by Crippen LogP contribution is -2.27. The van der Waals surface area contributed by atoms with Gasteiger partial charge in [0.1, 0.15) is 23.1 Å². The van der Waals surface area contributed by atoms with Crippen molar-refractivity contribution in [1.82, 2.24) is 10.3 Å². The Morgan fingerprint density at radius 3 is 2.45 bits per heavy atom. The summed E-state index contributed by atoms with van der Waals surface area (Å²) in [7, 11) is 0. The zero-order chi connectivity index (χ0) is 21.1. The van der Waals surface area contributed by atoms with Crippen LogP contribution in [0.5, 0.6) is 10.9 Å². The van der Waals surface area contributed by atoms with E-state index < -0.39 is 23.6 Å². The first-order valence-corrected chi connectivity index (χ1v) is 10.1. The lowest BCUT2D eigenvalue weighted by molar-refractivity contribution is 0.0935. The van der Waals surface area contributed by atoms with E-state index in [9.17, 15) is 13.6 Å². The minimum Gasteiger partial charge on any atom is -0.431 e. The second-order valence-electron chi connectivity index (χ2n) is 7.13. The van der Waals surface area contributed by atoms with Crippen LogP contribution in [0.15, 0.2) is 41.8 Å². The predicted octanol–water partition coefficient (Wildman–Crippen LogP) is 6.14. The van der Waals surface area contributed by atoms with Crippen molar-refractivity contribution in [1.29, 1.82) is 0 Å². The van der Waals surface area contributed by atoms with Gasteiger partial charge in [0, 0.05) is 10.9 Å². The minimum absolute atomic E-state index is 0.0462. The van der Waals surface area contributed by atoms with Crippen LogP contribution >= 0.6 is 11.3 Å². The molecule has 0 saturated carbocycles. The van der Waals surface area contributed by atoms with Gasteiger partial charge in [-0.2, -0.15) is 4.98 Å². The zero-order valence-electron chi connectivity index (χ0n) is 16.6. The van der Waals surface area contributed by atoms with Crippen molar-refractivity contribution < 1.29 is 18.3 Å². The normalized spacial score (nSPS) is 12.1. The van der Waals surface area contributed by atoms with Crippen LogP contribution in [0.2, 0.25) is 0 Å². The molecule has 3 aromatic rings. The number of nitrogens with zero attached hydrogens (tertiary/aromatic N) is 1. The number of ether oxygens (including phenoxy) is 1. The summed E-state index contributed by atoms with van der Waals surface area (Å²) in [6.45, 7) is 7.21. The molecule has 1 aromatic heterocycles. The molecule has 0 bridgehead atoms. The Morgan fingerprint density at radius 1 is 1.10 bits per heavy atom. The van der Waals surface area contributed by atoms with Crippen LogP contribution in [0, 0.1) is 18.6 Å². The highest BCUT2D eigenvalue weighted by atomic mass is 32.1. The molecule has 3 rings (SSSR count). The second kappa shape index (κ2) is 8.69. The fourth-order valence-electron chi connectivity index (χ4n) is 2.72. The molecule has 1 atom stereocenters. The number of hydrogen-bond acceptors (Lipinski definition) is 4. The van der Waals surface area contributed by atoms with Crippen molar-refractivity contribution in [2.24, 2.45) is 0 Å². The maximum atomic E-state index is 13.8. The first-order valence-electron chi connectivity index (χ1n) is 9.24. The minimum atomic E-state index is -0.644. The van der Waals surface area contributed by atoms with E-state index in [0.29, 0.717) is 22.4 Å². The summed E-state index contributed by atoms with van der Waals surface area (Å²) >= 11 is 1.20. The fraction of sp³-hybridized carbons (Fsp3) is 0.273. The summed E-state index contributed by atoms with van der Waals surface area (Å²) < 4.78 is 33.3. The van der Waals surface area contributed by atoms with E-state index in [2.05, 4.69) is 24.1 Å². The van der Waals surface area contributed by atoms with Crippen molar-refractivity contribution in [3.63, 3.8) is 0 Å². The molecule has 1 N–H and O–H groups in total. The molecule has 1 unspecified atom stereocenters. The average Bonchev–Trinajstić information content (AvgIpc) is 3.14. The number of benzene rings is 2. The summed E-state index contributed by atoms with van der Waals surface area (Å²) in [6, 6.07) is 9.57. The fourth-order valence-corrected chi connectivity index (χ4v) is 3.38. The Kier molecular flexibility index (Phi) is 6.27. The molecule has 7 heteroatoms. The number of carbonyl (C=O) groups excluding carboxylic acids is 1. The molecule has 0 saturated heterocycles. The second-order valence-corrected chi connectivity index (χ2v) is 7.95. The Balaban J connectivity index is 1.68. The molecule has 0 aliphatic heterocycles. The molecule has 152 valence electrons. The molecule has 0 radical (unpaired) electrons. The number of halogens is 2. The van der Waals surface area contributed by atoms with E-state index >= 15 is 0 Å². The van der Waals surface area contributed by atoms with Gasteiger partial charge in [0.2, 0.25) is 0 Å². The molecule has 0 fully saturated rings. The molecule has 29 heavy (non-hydrogen) atoms. The summed E-state index contributed by atoms with van der Waals surface area (Å²) in [6.07, 6.45) is 0. The quantitative estimate of drug-likeness (QED) is 0.525. The van der Waals surface area contributed by atoms with Crippen molar-refractivity contribution in [2.75, 3.05) is 0 Å². The highest BCUT2D eigenvalue weighted by Gasteiger charge is 2.17. The molecule has 0 spiro atoms. The van der Waals surface area contributed by atoms with Crippen LogP contribution in [0.4, 0.5) is 8.78 Å². The van der Waals surface area contributed by atoms with Crippen molar-refractivity contribution in [3.05, 3.63) is 75.8 Å². The van der Waals surface area contributed by atoms with E-state index in [0.717, 1.165) is 5.56 Å². The van der Waals surface area contributed by atoms with Crippen LogP contribution in [-0.4, -0.2) is 10.9 Å². The van der Waals surface area contributed by atoms with Crippen LogP contribution in [0.25, 0.3) is 0 Å². The molecule has 0 aliphatic carbocycles. The van der Waals surface area contributed by atoms with E-state index in [1.54, 1.807) is 12.3 Å². The number of thiazole rings is 1. The third-order valence-electron chi connectivity index (χ3n) is 4.60. The standard InChI is InChI=1S/C22H22F2N2O2S/c1-12(2)15-6-5-7-17(8-15)28-22-26-20(11-29-22)21(27)25-14(4)16-9-18(23)13(3)19(24)10-16/h5-12,14H,1-4H3,(H,25,27). The van der Waals surface area contributed by atoms with Gasteiger partial charge in [-0.15, -0.1) is 0 Å². The Labute approximate surface area is 172 Å². The molecule has 1 amide bonds. The Morgan fingerprint density at radius 2 is 1.79 bits per heavy atom. The first kappa shape index (κ1) is 20.9. The number of nitrogens with one attached hydrogen (secondary N) is 1. The summed E-state index contributed by atoms with van der Waals surface area (Å²) in [5.41, 5.74) is 1.62. The van der Waals surface area contributed by atoms with E-state index in [4.69, 9.17) is 4.74 Å². The topological polar surface area (TPSA) is 51.2 Å². The lowest BCUT2D eigenvalue weighted by Gasteiger charge is -2.14. The van der Waals surface area contributed by atoms with Gasteiger partial charge >= 0.3 is 0 Å². The molecule has 0 aliphatic rings. The van der Waals surface area contributed by atoms with Gasteiger partial charge in [0.15, 0.2) is 0 Å². The highest BCUT2D eigenvalue weighted by Crippen LogP contribution is 2.28. The first-order chi connectivity index (χ1) is 13.7. The van der Waals surface area contributed by atoms with Crippen LogP contribution in [-0.2, 0) is 0 Å². The third-order valence-corrected chi connectivity index (χ3v) is 5.31. The van der Waals surface area contributed by atoms with Gasteiger partial charge in [-0.1, -0.05) is 37.3 Å². The third kappa shape index (κ3) is 4.98. The van der Waals surface area contributed by atoms with E-state index in [-0.39, 0.29) is 11.3 Å². The van der Waals surface area contributed by atoms with Crippen LogP contribution < -0.4 is 10.1 Å². The molecule has 1 heterocycles. The van der Waals surface area contributed by atoms with Crippen molar-refractivity contribution >= 4 is 17.2 Å². The van der Waals surface area contributed by atoms with Gasteiger partial charge < -0.3 is 10.1 Å². The number of amides is 1. The number of rotatable bonds is 6. The Bertz CT molecular complexity index is 1010. The van der Waals surface area contributed by atoms with Gasteiger partial charge in [-0.3, -0.25) is 4.79 Å². The maximum Gasteiger partial charge on any atom is 0.279 e. The predicted molar refractivity (Wildman–Crippen MR) is 110 cm³/mol. The molecular formula is C22H22F2N2O2S. The summed E-state index contributed by atoms with van der Waals surface area (Å²) in [5.74, 6) is -0.713. The van der Waals surface area contributed by atoms with Crippen LogP contribution in [0.1, 0.15) is 59.9 Å². The van der Waals surface area contributed by atoms with Crippen LogP contribution in [0.3, 0.4) is 0 Å². The largest absolute Gasteiger partial charge is 0.431 e. The molecular weight excluding hydrogens is 394 g/mol. The number of hydrogen-bond donors (Lipinski definition) is 1. The van der Waals surface area contributed by atoms with Gasteiger partial charge in [0.25, 0.3) is 11.1 Å². The van der Waals surface area contributed by atoms with Gasteiger partial charge in [0.05, 0.1) is 6.04 Å². The number of carbonyl (C=O) groups is 1. The lowest BCUT2D eigenvalue weighted by atomic mass is 10.0. The monoisotopic (exact) mass is 416 g/mol. The SMILES string of the molecule is Cc1c(F)cc(C(C)NC(=O)c2csc(Oc3cccc(C(C)C)c3)n2)cc1F. The summed E-state index contributed by atoms with van der Waals surface area (Å²) in [4.78, 5) is 16.7.